The number of carbonyl (C=O) groups is 1. The van der Waals surface area contributed by atoms with E-state index in [1.165, 1.54) is 12.1 Å². The molecule has 0 aliphatic carbocycles. The summed E-state index contributed by atoms with van der Waals surface area (Å²) in [5, 5.41) is 7.10. The number of aromatic nitrogens is 3. The van der Waals surface area contributed by atoms with Gasteiger partial charge in [-0.1, -0.05) is 47.9 Å². The summed E-state index contributed by atoms with van der Waals surface area (Å²) in [6, 6.07) is 14.0. The van der Waals surface area contributed by atoms with Crippen LogP contribution in [-0.2, 0) is 17.9 Å². The molecule has 1 heterocycles. The van der Waals surface area contributed by atoms with Gasteiger partial charge in [0.25, 0.3) is 0 Å². The lowest BCUT2D eigenvalue weighted by Crippen LogP contribution is -2.31. The molecule has 0 aliphatic rings. The SMILES string of the molecule is C#CCN(Cc1ccc(F)cc1)C(=O)CCn1c(-c2ccc(C)cc2)n[nH]c1=S. The first kappa shape index (κ1) is 20.5. The van der Waals surface area contributed by atoms with Crippen molar-refractivity contribution in [2.24, 2.45) is 0 Å². The number of carbonyl (C=O) groups excluding carboxylic acids is 1. The van der Waals surface area contributed by atoms with Crippen LogP contribution < -0.4 is 0 Å². The summed E-state index contributed by atoms with van der Waals surface area (Å²) in [6.45, 7) is 2.89. The Hall–Kier alpha value is -3.24. The minimum atomic E-state index is -0.318. The van der Waals surface area contributed by atoms with Gasteiger partial charge in [0.1, 0.15) is 5.82 Å². The van der Waals surface area contributed by atoms with E-state index >= 15 is 0 Å². The predicted molar refractivity (Wildman–Crippen MR) is 113 cm³/mol. The van der Waals surface area contributed by atoms with Crippen molar-refractivity contribution in [2.75, 3.05) is 6.54 Å². The van der Waals surface area contributed by atoms with Crippen molar-refractivity contribution in [3.63, 3.8) is 0 Å². The Morgan fingerprint density at radius 2 is 1.93 bits per heavy atom. The number of rotatable bonds is 7. The van der Waals surface area contributed by atoms with Gasteiger partial charge in [-0.2, -0.15) is 5.10 Å². The lowest BCUT2D eigenvalue weighted by Gasteiger charge is -2.20. The molecule has 7 heteroatoms. The van der Waals surface area contributed by atoms with E-state index in [2.05, 4.69) is 16.1 Å². The van der Waals surface area contributed by atoms with Crippen LogP contribution >= 0.6 is 12.2 Å². The number of amides is 1. The first-order valence-corrected chi connectivity index (χ1v) is 9.56. The second-order valence-corrected chi connectivity index (χ2v) is 7.09. The van der Waals surface area contributed by atoms with Crippen LogP contribution in [0, 0.1) is 29.9 Å². The summed E-state index contributed by atoms with van der Waals surface area (Å²) in [5.74, 6) is 2.77. The average molecular weight is 409 g/mol. The quantitative estimate of drug-likeness (QED) is 0.473. The van der Waals surface area contributed by atoms with E-state index in [0.717, 1.165) is 16.7 Å². The van der Waals surface area contributed by atoms with Gasteiger partial charge in [0.15, 0.2) is 10.6 Å². The van der Waals surface area contributed by atoms with Crippen LogP contribution in [0.25, 0.3) is 11.4 Å². The molecular weight excluding hydrogens is 387 g/mol. The molecule has 1 amide bonds. The molecule has 1 aromatic heterocycles. The molecule has 3 rings (SSSR count). The van der Waals surface area contributed by atoms with E-state index in [0.29, 0.717) is 23.7 Å². The Morgan fingerprint density at radius 3 is 2.59 bits per heavy atom. The topological polar surface area (TPSA) is 53.9 Å². The smallest absolute Gasteiger partial charge is 0.225 e. The van der Waals surface area contributed by atoms with Crippen molar-refractivity contribution in [1.29, 1.82) is 0 Å². The number of terminal acetylenes is 1. The Bertz CT molecular complexity index is 1080. The Balaban J connectivity index is 1.72. The number of aromatic amines is 1. The number of nitrogens with one attached hydrogen (secondary N) is 1. The molecule has 0 fully saturated rings. The Labute approximate surface area is 174 Å². The van der Waals surface area contributed by atoms with Gasteiger partial charge in [-0.05, 0) is 36.8 Å². The van der Waals surface area contributed by atoms with E-state index < -0.39 is 0 Å². The van der Waals surface area contributed by atoms with E-state index in [4.69, 9.17) is 18.6 Å². The van der Waals surface area contributed by atoms with E-state index in [1.807, 2.05) is 35.8 Å². The van der Waals surface area contributed by atoms with Crippen LogP contribution in [0.1, 0.15) is 17.5 Å². The normalized spacial score (nSPS) is 10.5. The minimum absolute atomic E-state index is 0.106. The zero-order valence-electron chi connectivity index (χ0n) is 16.1. The fourth-order valence-corrected chi connectivity index (χ4v) is 3.19. The molecule has 148 valence electrons. The van der Waals surface area contributed by atoms with Crippen LogP contribution in [0.15, 0.2) is 48.5 Å². The molecule has 0 saturated heterocycles. The molecule has 0 spiro atoms. The molecule has 0 atom stereocenters. The maximum Gasteiger partial charge on any atom is 0.225 e. The fraction of sp³-hybridized carbons (Fsp3) is 0.227. The molecule has 1 N–H and O–H groups in total. The molecule has 2 aromatic carbocycles. The highest BCUT2D eigenvalue weighted by Gasteiger charge is 2.16. The van der Waals surface area contributed by atoms with Gasteiger partial charge in [0.05, 0.1) is 6.54 Å². The van der Waals surface area contributed by atoms with Crippen molar-refractivity contribution in [3.05, 3.63) is 70.2 Å². The molecule has 0 saturated carbocycles. The molecule has 0 aliphatic heterocycles. The van der Waals surface area contributed by atoms with Gasteiger partial charge < -0.3 is 4.90 Å². The zero-order chi connectivity index (χ0) is 20.8. The Morgan fingerprint density at radius 1 is 1.24 bits per heavy atom. The molecule has 0 bridgehead atoms. The largest absolute Gasteiger partial charge is 0.327 e. The van der Waals surface area contributed by atoms with Gasteiger partial charge in [-0.25, -0.2) is 4.39 Å². The van der Waals surface area contributed by atoms with E-state index in [1.54, 1.807) is 17.0 Å². The molecule has 29 heavy (non-hydrogen) atoms. The van der Waals surface area contributed by atoms with Gasteiger partial charge >= 0.3 is 0 Å². The molecular formula is C22H21FN4OS. The zero-order valence-corrected chi connectivity index (χ0v) is 16.9. The summed E-state index contributed by atoms with van der Waals surface area (Å²) in [6.07, 6.45) is 5.65. The summed E-state index contributed by atoms with van der Waals surface area (Å²) < 4.78 is 15.4. The number of nitrogens with zero attached hydrogens (tertiary/aromatic N) is 3. The summed E-state index contributed by atoms with van der Waals surface area (Å²) in [5.41, 5.74) is 2.88. The highest BCUT2D eigenvalue weighted by Crippen LogP contribution is 2.18. The predicted octanol–water partition coefficient (Wildman–Crippen LogP) is 4.11. The van der Waals surface area contributed by atoms with E-state index in [9.17, 15) is 9.18 Å². The lowest BCUT2D eigenvalue weighted by atomic mass is 10.1. The first-order valence-electron chi connectivity index (χ1n) is 9.16. The highest BCUT2D eigenvalue weighted by atomic mass is 32.1. The maximum absolute atomic E-state index is 13.1. The second-order valence-electron chi connectivity index (χ2n) is 6.70. The second kappa shape index (κ2) is 9.30. The first-order chi connectivity index (χ1) is 14.0. The van der Waals surface area contributed by atoms with Gasteiger partial charge in [-0.3, -0.25) is 14.5 Å². The van der Waals surface area contributed by atoms with Crippen molar-refractivity contribution in [3.8, 4) is 23.7 Å². The van der Waals surface area contributed by atoms with Crippen molar-refractivity contribution < 1.29 is 9.18 Å². The minimum Gasteiger partial charge on any atom is -0.327 e. The Kier molecular flexibility index (Phi) is 6.57. The van der Waals surface area contributed by atoms with Crippen LogP contribution in [0.2, 0.25) is 0 Å². The van der Waals surface area contributed by atoms with Crippen LogP contribution in [0.5, 0.6) is 0 Å². The third kappa shape index (κ3) is 5.18. The van der Waals surface area contributed by atoms with Crippen molar-refractivity contribution >= 4 is 18.1 Å². The third-order valence-electron chi connectivity index (χ3n) is 4.54. The number of benzene rings is 2. The van der Waals surface area contributed by atoms with E-state index in [-0.39, 0.29) is 24.7 Å². The third-order valence-corrected chi connectivity index (χ3v) is 4.85. The highest BCUT2D eigenvalue weighted by molar-refractivity contribution is 7.71. The number of halogens is 1. The maximum atomic E-state index is 13.1. The van der Waals surface area contributed by atoms with Crippen LogP contribution in [0.3, 0.4) is 0 Å². The number of hydrogen-bond acceptors (Lipinski definition) is 3. The molecule has 3 aromatic rings. The number of aryl methyl sites for hydroxylation is 1. The molecule has 0 radical (unpaired) electrons. The lowest BCUT2D eigenvalue weighted by molar-refractivity contribution is -0.131. The van der Waals surface area contributed by atoms with Gasteiger partial charge in [0.2, 0.25) is 5.91 Å². The fourth-order valence-electron chi connectivity index (χ4n) is 2.97. The van der Waals surface area contributed by atoms with Crippen molar-refractivity contribution in [1.82, 2.24) is 19.7 Å². The molecule has 0 unspecified atom stereocenters. The summed E-state index contributed by atoms with van der Waals surface area (Å²) >= 11 is 5.34. The van der Waals surface area contributed by atoms with Crippen molar-refractivity contribution in [2.45, 2.75) is 26.4 Å². The number of H-pyrrole nitrogens is 1. The van der Waals surface area contributed by atoms with Crippen LogP contribution in [-0.4, -0.2) is 32.1 Å². The number of hydrogen-bond donors (Lipinski definition) is 1. The van der Waals surface area contributed by atoms with Gasteiger partial charge in [-0.15, -0.1) is 6.42 Å². The summed E-state index contributed by atoms with van der Waals surface area (Å²) in [7, 11) is 0. The average Bonchev–Trinajstić information content (AvgIpc) is 3.08. The monoisotopic (exact) mass is 408 g/mol. The van der Waals surface area contributed by atoms with Crippen LogP contribution in [0.4, 0.5) is 4.39 Å². The summed E-state index contributed by atoms with van der Waals surface area (Å²) in [4.78, 5) is 14.4. The standard InChI is InChI=1S/C22H21FN4OS/c1-3-13-26(15-17-6-10-19(23)11-7-17)20(28)12-14-27-21(24-25-22(27)29)18-8-4-16(2)5-9-18/h1,4-11H,12-15H2,2H3,(H,25,29). The molecule has 5 nitrogen and oxygen atoms in total. The van der Waals surface area contributed by atoms with Gasteiger partial charge in [0, 0.05) is 25.1 Å².